The number of carbonyl (C=O) groups is 1. The number of aromatic nitrogens is 1. The van der Waals surface area contributed by atoms with Crippen LogP contribution in [-0.4, -0.2) is 53.3 Å². The van der Waals surface area contributed by atoms with E-state index in [4.69, 9.17) is 15.3 Å². The highest BCUT2D eigenvalue weighted by atomic mass is 19.4. The normalized spacial score (nSPS) is 11.3. The van der Waals surface area contributed by atoms with Crippen molar-refractivity contribution in [3.63, 3.8) is 0 Å². The van der Waals surface area contributed by atoms with E-state index in [9.17, 15) is 23.1 Å². The van der Waals surface area contributed by atoms with Crippen LogP contribution < -0.4 is 9.64 Å². The molecular weight excluding hydrogens is 415 g/mol. The number of aromatic carboxylic acids is 1. The number of benzene rings is 1. The van der Waals surface area contributed by atoms with Crippen molar-refractivity contribution in [2.45, 2.75) is 32.4 Å². The molecule has 31 heavy (non-hydrogen) atoms. The van der Waals surface area contributed by atoms with Crippen LogP contribution >= 0.6 is 0 Å². The molecule has 10 heteroatoms. The number of nitrogens with one attached hydrogen (secondary N) is 1. The van der Waals surface area contributed by atoms with Crippen molar-refractivity contribution in [1.29, 1.82) is 5.41 Å². The fourth-order valence-electron chi connectivity index (χ4n) is 2.94. The topological polar surface area (TPSA) is 107 Å². The Kier molecular flexibility index (Phi) is 7.84. The summed E-state index contributed by atoms with van der Waals surface area (Å²) in [4.78, 5) is 16.8. The molecule has 0 unspecified atom stereocenters. The van der Waals surface area contributed by atoms with E-state index in [2.05, 4.69) is 4.98 Å². The summed E-state index contributed by atoms with van der Waals surface area (Å²) in [5.41, 5.74) is -1.84. The maximum atomic E-state index is 12.9. The first-order chi connectivity index (χ1) is 14.6. The number of phenols is 1. The Morgan fingerprint density at radius 2 is 1.97 bits per heavy atom. The number of anilines is 1. The Bertz CT molecular complexity index is 931. The minimum Gasteiger partial charge on any atom is -0.507 e. The van der Waals surface area contributed by atoms with E-state index in [1.807, 2.05) is 11.8 Å². The molecule has 0 aliphatic heterocycles. The molecule has 0 spiro atoms. The van der Waals surface area contributed by atoms with E-state index in [0.717, 1.165) is 6.07 Å². The van der Waals surface area contributed by atoms with Crippen molar-refractivity contribution >= 4 is 17.5 Å². The van der Waals surface area contributed by atoms with Gasteiger partial charge in [-0.25, -0.2) is 9.78 Å². The number of phenolic OH excluding ortho intramolecular Hbond substituents is 1. The third kappa shape index (κ3) is 6.09. The minimum absolute atomic E-state index is 0.0887. The largest absolute Gasteiger partial charge is 0.507 e. The number of pyridine rings is 1. The van der Waals surface area contributed by atoms with Gasteiger partial charge in [0.2, 0.25) is 0 Å². The van der Waals surface area contributed by atoms with Gasteiger partial charge < -0.3 is 19.8 Å². The molecule has 0 atom stereocenters. The van der Waals surface area contributed by atoms with Gasteiger partial charge in [0.1, 0.15) is 23.0 Å². The van der Waals surface area contributed by atoms with Crippen molar-refractivity contribution in [3.8, 4) is 11.5 Å². The van der Waals surface area contributed by atoms with E-state index >= 15 is 0 Å². The van der Waals surface area contributed by atoms with Gasteiger partial charge in [0, 0.05) is 30.9 Å². The fraction of sp³-hybridized carbons (Fsp3) is 0.381. The van der Waals surface area contributed by atoms with Gasteiger partial charge in [-0.2, -0.15) is 13.2 Å². The zero-order valence-electron chi connectivity index (χ0n) is 17.2. The van der Waals surface area contributed by atoms with Gasteiger partial charge in [-0.05, 0) is 37.1 Å². The number of aromatic hydroxyl groups is 1. The zero-order valence-corrected chi connectivity index (χ0v) is 17.2. The molecule has 1 aromatic heterocycles. The molecule has 3 N–H and O–H groups in total. The lowest BCUT2D eigenvalue weighted by molar-refractivity contribution is -0.0588. The zero-order chi connectivity index (χ0) is 23.2. The van der Waals surface area contributed by atoms with E-state index < -0.39 is 29.2 Å². The average molecular weight is 439 g/mol. The number of carboxylic acid groups (broad SMARTS) is 1. The molecule has 0 aliphatic rings. The lowest BCUT2D eigenvalue weighted by atomic mass is 10.00. The molecule has 168 valence electrons. The Balaban J connectivity index is 2.02. The van der Waals surface area contributed by atoms with Gasteiger partial charge >= 0.3 is 12.1 Å². The highest BCUT2D eigenvalue weighted by Crippen LogP contribution is 2.35. The quantitative estimate of drug-likeness (QED) is 0.377. The summed E-state index contributed by atoms with van der Waals surface area (Å²) in [5, 5.41) is 26.5. The molecule has 0 saturated carbocycles. The van der Waals surface area contributed by atoms with Gasteiger partial charge in [-0.3, -0.25) is 5.41 Å². The average Bonchev–Trinajstić information content (AvgIpc) is 2.72. The van der Waals surface area contributed by atoms with Crippen LogP contribution in [0.25, 0.3) is 0 Å². The number of halogens is 3. The summed E-state index contributed by atoms with van der Waals surface area (Å²) in [6, 6.07) is 5.43. The van der Waals surface area contributed by atoms with E-state index in [1.54, 1.807) is 13.1 Å². The summed E-state index contributed by atoms with van der Waals surface area (Å²) in [5.74, 6) is -0.770. The third-order valence-electron chi connectivity index (χ3n) is 4.57. The molecule has 7 nitrogen and oxygen atoms in total. The van der Waals surface area contributed by atoms with Gasteiger partial charge in [0.25, 0.3) is 0 Å². The van der Waals surface area contributed by atoms with Crippen LogP contribution in [0.3, 0.4) is 0 Å². The SMILES string of the molecule is CCCc1c(OCCCN(C)c2ccc(C(=O)O)cn2)ccc(C(=N)C(F)(F)F)c1O. The lowest BCUT2D eigenvalue weighted by Gasteiger charge is -2.19. The summed E-state index contributed by atoms with van der Waals surface area (Å²) in [6.45, 7) is 2.59. The summed E-state index contributed by atoms with van der Waals surface area (Å²) in [6.07, 6.45) is -2.16. The number of ether oxygens (including phenoxy) is 1. The predicted molar refractivity (Wildman–Crippen MR) is 110 cm³/mol. The first-order valence-corrected chi connectivity index (χ1v) is 9.60. The van der Waals surface area contributed by atoms with Crippen LogP contribution in [0.4, 0.5) is 19.0 Å². The molecule has 0 radical (unpaired) electrons. The maximum Gasteiger partial charge on any atom is 0.433 e. The molecule has 1 aromatic carbocycles. The second-order valence-electron chi connectivity index (χ2n) is 6.89. The van der Waals surface area contributed by atoms with Gasteiger partial charge in [-0.1, -0.05) is 13.3 Å². The highest BCUT2D eigenvalue weighted by molar-refractivity contribution is 6.04. The number of alkyl halides is 3. The molecule has 2 rings (SSSR count). The van der Waals surface area contributed by atoms with Crippen LogP contribution in [0.5, 0.6) is 11.5 Å². The third-order valence-corrected chi connectivity index (χ3v) is 4.57. The molecule has 0 saturated heterocycles. The summed E-state index contributed by atoms with van der Waals surface area (Å²) < 4.78 is 44.2. The summed E-state index contributed by atoms with van der Waals surface area (Å²) in [7, 11) is 1.79. The molecular formula is C21H24F3N3O4. The maximum absolute atomic E-state index is 12.9. The lowest BCUT2D eigenvalue weighted by Crippen LogP contribution is -2.23. The molecule has 0 fully saturated rings. The first-order valence-electron chi connectivity index (χ1n) is 9.60. The minimum atomic E-state index is -4.86. The monoisotopic (exact) mass is 439 g/mol. The Morgan fingerprint density at radius 3 is 2.52 bits per heavy atom. The van der Waals surface area contributed by atoms with Crippen molar-refractivity contribution in [2.75, 3.05) is 25.1 Å². The molecule has 0 bridgehead atoms. The predicted octanol–water partition coefficient (Wildman–Crippen LogP) is 4.27. The van der Waals surface area contributed by atoms with E-state index in [0.29, 0.717) is 31.6 Å². The van der Waals surface area contributed by atoms with Crippen molar-refractivity contribution in [2.24, 2.45) is 0 Å². The fourth-order valence-corrected chi connectivity index (χ4v) is 2.94. The second kappa shape index (κ2) is 10.1. The second-order valence-corrected chi connectivity index (χ2v) is 6.89. The number of nitrogens with zero attached hydrogens (tertiary/aromatic N) is 2. The molecule has 0 amide bonds. The Morgan fingerprint density at radius 1 is 1.26 bits per heavy atom. The van der Waals surface area contributed by atoms with Gasteiger partial charge in [0.05, 0.1) is 12.2 Å². The van der Waals surface area contributed by atoms with Crippen LogP contribution in [0.15, 0.2) is 30.5 Å². The standard InChI is InChI=1S/C21H24F3N3O4/c1-3-5-14-16(8-7-15(18(14)28)19(25)21(22,23)24)31-11-4-10-27(2)17-9-6-13(12-26-17)20(29)30/h6-9,12,25,28H,3-5,10-11H2,1-2H3,(H,29,30). The van der Waals surface area contributed by atoms with Crippen LogP contribution in [0.2, 0.25) is 0 Å². The van der Waals surface area contributed by atoms with Crippen LogP contribution in [-0.2, 0) is 6.42 Å². The number of hydrogen-bond donors (Lipinski definition) is 3. The van der Waals surface area contributed by atoms with E-state index in [1.165, 1.54) is 18.3 Å². The van der Waals surface area contributed by atoms with Crippen molar-refractivity contribution < 1.29 is 32.9 Å². The molecule has 2 aromatic rings. The van der Waals surface area contributed by atoms with Crippen molar-refractivity contribution in [3.05, 3.63) is 47.2 Å². The van der Waals surface area contributed by atoms with Crippen LogP contribution in [0, 0.1) is 5.41 Å². The Labute approximate surface area is 177 Å². The number of carboxylic acids is 1. The number of hydrogen-bond acceptors (Lipinski definition) is 6. The van der Waals surface area contributed by atoms with E-state index in [-0.39, 0.29) is 23.5 Å². The Hall–Kier alpha value is -3.30. The van der Waals surface area contributed by atoms with Crippen molar-refractivity contribution in [1.82, 2.24) is 4.98 Å². The molecule has 0 aliphatic carbocycles. The van der Waals surface area contributed by atoms with Gasteiger partial charge in [-0.15, -0.1) is 0 Å². The smallest absolute Gasteiger partial charge is 0.433 e. The first kappa shape index (κ1) is 24.0. The molecule has 1 heterocycles. The van der Waals surface area contributed by atoms with Crippen LogP contribution in [0.1, 0.15) is 41.3 Å². The highest BCUT2D eigenvalue weighted by Gasteiger charge is 2.37. The van der Waals surface area contributed by atoms with Gasteiger partial charge in [0.15, 0.2) is 0 Å². The summed E-state index contributed by atoms with van der Waals surface area (Å²) >= 11 is 0. The number of rotatable bonds is 10.